The highest BCUT2D eigenvalue weighted by molar-refractivity contribution is 8.14. The van der Waals surface area contributed by atoms with E-state index in [9.17, 15) is 9.90 Å². The molecule has 0 radical (unpaired) electrons. The number of ether oxygens (including phenoxy) is 1. The van der Waals surface area contributed by atoms with Crippen molar-refractivity contribution in [1.29, 1.82) is 0 Å². The number of para-hydroxylation sites is 1. The van der Waals surface area contributed by atoms with Gasteiger partial charge in [0.05, 0.1) is 36.8 Å². The van der Waals surface area contributed by atoms with Crippen LogP contribution in [-0.2, 0) is 9.53 Å². The summed E-state index contributed by atoms with van der Waals surface area (Å²) in [5.74, 6) is -0.688. The van der Waals surface area contributed by atoms with E-state index >= 15 is 0 Å². The van der Waals surface area contributed by atoms with E-state index in [4.69, 9.17) is 20.9 Å². The molecule has 5 rings (SSSR count). The normalized spacial score (nSPS) is 17.7. The average molecular weight is 525 g/mol. The second-order valence-electron chi connectivity index (χ2n) is 7.78. The van der Waals surface area contributed by atoms with Crippen molar-refractivity contribution >= 4 is 58.0 Å². The summed E-state index contributed by atoms with van der Waals surface area (Å²) in [6.07, 6.45) is 3.22. The van der Waals surface area contributed by atoms with Gasteiger partial charge in [0, 0.05) is 10.8 Å². The summed E-state index contributed by atoms with van der Waals surface area (Å²) < 4.78 is 10.5. The Bertz CT molecular complexity index is 1340. The van der Waals surface area contributed by atoms with Gasteiger partial charge in [0.1, 0.15) is 5.70 Å². The molecule has 0 atom stereocenters. The number of hydrogen-bond acceptors (Lipinski definition) is 9. The molecule has 2 aliphatic heterocycles. The first kappa shape index (κ1) is 24.0. The van der Waals surface area contributed by atoms with E-state index < -0.39 is 5.90 Å². The van der Waals surface area contributed by atoms with E-state index in [1.807, 2.05) is 29.3 Å². The Kier molecular flexibility index (Phi) is 7.31. The third-order valence-electron chi connectivity index (χ3n) is 5.28. The molecular formula is C24H21ClN6O4S. The lowest BCUT2D eigenvalue weighted by Gasteiger charge is -2.18. The van der Waals surface area contributed by atoms with Crippen LogP contribution < -0.4 is 19.8 Å². The predicted octanol–water partition coefficient (Wildman–Crippen LogP) is 2.15. The second kappa shape index (κ2) is 10.9. The molecule has 0 unspecified atom stereocenters. The monoisotopic (exact) mass is 524 g/mol. The molecule has 36 heavy (non-hydrogen) atoms. The number of amides is 1. The van der Waals surface area contributed by atoms with Crippen LogP contribution in [0, 0.1) is 0 Å². The number of halogens is 1. The van der Waals surface area contributed by atoms with Crippen molar-refractivity contribution in [3.05, 3.63) is 77.1 Å². The number of carbonyl (C=O) groups is 1. The number of hydrogen-bond donors (Lipinski definition) is 0. The topological polar surface area (TPSA) is 110 Å². The number of rotatable bonds is 6. The Labute approximate surface area is 216 Å². The maximum absolute atomic E-state index is 13.2. The van der Waals surface area contributed by atoms with Gasteiger partial charge in [-0.1, -0.05) is 53.7 Å². The molecule has 184 valence electrons. The van der Waals surface area contributed by atoms with Crippen molar-refractivity contribution in [3.8, 4) is 0 Å². The van der Waals surface area contributed by atoms with Crippen LogP contribution >= 0.6 is 23.4 Å². The number of nitrogens with zero attached hydrogens (tertiary/aromatic N) is 6. The van der Waals surface area contributed by atoms with Crippen LogP contribution in [0.3, 0.4) is 0 Å². The van der Waals surface area contributed by atoms with Crippen LogP contribution in [0.5, 0.6) is 0 Å². The zero-order valence-corrected chi connectivity index (χ0v) is 20.6. The molecule has 3 heterocycles. The van der Waals surface area contributed by atoms with Crippen LogP contribution in [0.4, 0.5) is 11.6 Å². The minimum Gasteiger partial charge on any atom is -0.861 e. The molecule has 1 amide bonds. The van der Waals surface area contributed by atoms with Gasteiger partial charge in [-0.15, -0.1) is 5.01 Å². The average Bonchev–Trinajstić information content (AvgIpc) is 3.48. The van der Waals surface area contributed by atoms with E-state index in [0.717, 1.165) is 17.3 Å². The molecule has 0 saturated carbocycles. The van der Waals surface area contributed by atoms with Gasteiger partial charge in [-0.3, -0.25) is 14.2 Å². The molecule has 3 aromatic rings. The maximum atomic E-state index is 13.2. The van der Waals surface area contributed by atoms with Gasteiger partial charge in [-0.2, -0.15) is 0 Å². The van der Waals surface area contributed by atoms with Crippen molar-refractivity contribution in [2.24, 2.45) is 9.98 Å². The number of morpholine rings is 1. The van der Waals surface area contributed by atoms with Gasteiger partial charge in [0.25, 0.3) is 12.1 Å². The third kappa shape index (κ3) is 5.59. The number of aliphatic imine (C=N–C) groups is 2. The van der Waals surface area contributed by atoms with Gasteiger partial charge in [0.2, 0.25) is 5.27 Å². The molecule has 0 N–H and O–H groups in total. The number of amidine groups is 1. The molecule has 1 saturated heterocycles. The van der Waals surface area contributed by atoms with E-state index in [2.05, 4.69) is 15.3 Å². The molecule has 0 bridgehead atoms. The van der Waals surface area contributed by atoms with Gasteiger partial charge in [-0.25, -0.2) is 9.98 Å². The summed E-state index contributed by atoms with van der Waals surface area (Å²) in [5, 5.41) is 19.4. The highest BCUT2D eigenvalue weighted by atomic mass is 35.5. The van der Waals surface area contributed by atoms with E-state index in [-0.39, 0.29) is 23.2 Å². The molecule has 2 aliphatic rings. The molecule has 10 nitrogen and oxygen atoms in total. The minimum absolute atomic E-state index is 0.0435. The molecule has 1 aromatic heterocycles. The van der Waals surface area contributed by atoms with Crippen LogP contribution in [0.25, 0.3) is 6.08 Å². The highest BCUT2D eigenvalue weighted by Gasteiger charge is 2.32. The van der Waals surface area contributed by atoms with Gasteiger partial charge in [-0.05, 0) is 41.8 Å². The Morgan fingerprint density at radius 2 is 2.00 bits per heavy atom. The first-order valence-electron chi connectivity index (χ1n) is 11.1. The van der Waals surface area contributed by atoms with Gasteiger partial charge < -0.3 is 9.84 Å². The zero-order valence-electron chi connectivity index (χ0n) is 19.0. The SMILES string of the molecule is O=C1/C(=C\c2cccc(Cl)c2)N=C(SC/C([O-])=N\c2c[n+](N3CCOCC3)no2)N1c1ccccc1. The lowest BCUT2D eigenvalue weighted by molar-refractivity contribution is -0.759. The fourth-order valence-corrected chi connectivity index (χ4v) is 4.60. The molecule has 0 spiro atoms. The summed E-state index contributed by atoms with van der Waals surface area (Å²) >= 11 is 7.20. The van der Waals surface area contributed by atoms with Crippen molar-refractivity contribution < 1.29 is 24.0 Å². The maximum Gasteiger partial charge on any atom is 0.324 e. The van der Waals surface area contributed by atoms with Crippen LogP contribution in [-0.4, -0.2) is 54.3 Å². The van der Waals surface area contributed by atoms with Crippen LogP contribution in [0.2, 0.25) is 5.02 Å². The van der Waals surface area contributed by atoms with E-state index in [0.29, 0.717) is 42.2 Å². The molecule has 0 aliphatic carbocycles. The summed E-state index contributed by atoms with van der Waals surface area (Å²) in [7, 11) is 0. The second-order valence-corrected chi connectivity index (χ2v) is 9.15. The van der Waals surface area contributed by atoms with Crippen molar-refractivity contribution in [2.75, 3.05) is 42.0 Å². The molecule has 12 heteroatoms. The zero-order chi connectivity index (χ0) is 24.9. The van der Waals surface area contributed by atoms with Crippen LogP contribution in [0.1, 0.15) is 5.56 Å². The largest absolute Gasteiger partial charge is 0.861 e. The number of anilines is 1. The third-order valence-corrected chi connectivity index (χ3v) is 6.44. The Morgan fingerprint density at radius 1 is 1.19 bits per heavy atom. The van der Waals surface area contributed by atoms with E-state index in [1.54, 1.807) is 42.6 Å². The minimum atomic E-state index is -0.444. The lowest BCUT2D eigenvalue weighted by Crippen LogP contribution is -2.62. The summed E-state index contributed by atoms with van der Waals surface area (Å²) in [6.45, 7) is 2.51. The van der Waals surface area contributed by atoms with Crippen LogP contribution in [0.15, 0.2) is 81.0 Å². The summed E-state index contributed by atoms with van der Waals surface area (Å²) in [5.41, 5.74) is 1.64. The Balaban J connectivity index is 1.34. The summed E-state index contributed by atoms with van der Waals surface area (Å²) in [4.78, 5) is 24.8. The summed E-state index contributed by atoms with van der Waals surface area (Å²) in [6, 6.07) is 16.3. The molecular weight excluding hydrogens is 504 g/mol. The first-order chi connectivity index (χ1) is 17.6. The highest BCUT2D eigenvalue weighted by Crippen LogP contribution is 2.29. The fourth-order valence-electron chi connectivity index (χ4n) is 3.60. The number of aromatic nitrogens is 2. The smallest absolute Gasteiger partial charge is 0.324 e. The Hall–Kier alpha value is -3.67. The number of carbonyl (C=O) groups excluding carboxylic acids is 1. The predicted molar refractivity (Wildman–Crippen MR) is 136 cm³/mol. The lowest BCUT2D eigenvalue weighted by atomic mass is 10.2. The van der Waals surface area contributed by atoms with Gasteiger partial charge in [0.15, 0.2) is 5.17 Å². The van der Waals surface area contributed by atoms with Crippen molar-refractivity contribution in [1.82, 2.24) is 5.27 Å². The van der Waals surface area contributed by atoms with Crippen molar-refractivity contribution in [2.45, 2.75) is 0 Å². The quantitative estimate of drug-likeness (QED) is 0.210. The fraction of sp³-hybridized carbons (Fsp3) is 0.208. The van der Waals surface area contributed by atoms with Crippen molar-refractivity contribution in [3.63, 3.8) is 0 Å². The standard InChI is InChI=1S/C24H21ClN6O4S/c25-18-6-4-5-17(13-18)14-20-23(33)31(19-7-2-1-3-8-19)24(26-20)36-16-21(32)27-22-15-30(28-35-22)29-9-11-34-12-10-29/h1-8,13-15H,9-12,16H2/b20-14+. The van der Waals surface area contributed by atoms with Gasteiger partial charge >= 0.3 is 5.88 Å². The number of thioether (sulfide) groups is 1. The first-order valence-corrected chi connectivity index (χ1v) is 12.5. The molecule has 1 fully saturated rings. The molecule has 2 aromatic carbocycles. The van der Waals surface area contributed by atoms with E-state index in [1.165, 1.54) is 9.69 Å². The Morgan fingerprint density at radius 3 is 2.78 bits per heavy atom. The number of benzene rings is 2.